The van der Waals surface area contributed by atoms with Gasteiger partial charge in [0.25, 0.3) is 0 Å². The van der Waals surface area contributed by atoms with Crippen molar-refractivity contribution >= 4 is 0 Å². The van der Waals surface area contributed by atoms with E-state index in [1.54, 1.807) is 6.08 Å². The number of benzene rings is 1. The minimum atomic E-state index is 0. The highest BCUT2D eigenvalue weighted by molar-refractivity contribution is 5.29. The zero-order chi connectivity index (χ0) is 9.52. The Hall–Kier alpha value is -1.56. The Morgan fingerprint density at radius 1 is 1.14 bits per heavy atom. The van der Waals surface area contributed by atoms with E-state index in [2.05, 4.69) is 25.3 Å². The molecule has 0 aliphatic heterocycles. The summed E-state index contributed by atoms with van der Waals surface area (Å²) in [4.78, 5) is 0. The van der Waals surface area contributed by atoms with E-state index >= 15 is 0 Å². The first-order valence-electron chi connectivity index (χ1n) is 4.34. The topological polar surface area (TPSA) is 0 Å². The lowest BCUT2D eigenvalue weighted by molar-refractivity contribution is 1.20. The highest BCUT2D eigenvalue weighted by Crippen LogP contribution is 2.08. The molecule has 1 aromatic carbocycles. The van der Waals surface area contributed by atoms with Crippen molar-refractivity contribution < 1.29 is 0 Å². The van der Waals surface area contributed by atoms with Gasteiger partial charge in [-0.15, -0.1) is 0 Å². The van der Waals surface area contributed by atoms with Crippen LogP contribution in [0.3, 0.4) is 0 Å². The second-order valence-corrected chi connectivity index (χ2v) is 2.84. The van der Waals surface area contributed by atoms with Gasteiger partial charge in [-0.25, -0.2) is 0 Å². The first-order valence-corrected chi connectivity index (χ1v) is 4.34. The molecule has 0 radical (unpaired) electrons. The van der Waals surface area contributed by atoms with Crippen LogP contribution in [0.5, 0.6) is 0 Å². The molecule has 0 N–H and O–H groups in total. The standard InChI is InChI=1S/C13H14.CH4/c1-3-8-12(4-2)11-13-9-6-5-7-10-13;/h3-10H,1-2,11H2;1H4/b12-8+;. The third kappa shape index (κ3) is 3.90. The molecule has 0 bridgehead atoms. The molecule has 0 saturated heterocycles. The van der Waals surface area contributed by atoms with Crippen molar-refractivity contribution in [1.82, 2.24) is 0 Å². The molecule has 0 fully saturated rings. The fourth-order valence-corrected chi connectivity index (χ4v) is 1.18. The maximum absolute atomic E-state index is 3.76. The molecular weight excluding hydrogens is 168 g/mol. The molecular formula is C14H18. The van der Waals surface area contributed by atoms with Crippen molar-refractivity contribution in [2.75, 3.05) is 0 Å². The molecule has 0 aromatic heterocycles. The number of hydrogen-bond acceptors (Lipinski definition) is 0. The maximum atomic E-state index is 3.76. The van der Waals surface area contributed by atoms with E-state index in [0.29, 0.717) is 0 Å². The Morgan fingerprint density at radius 2 is 1.79 bits per heavy atom. The van der Waals surface area contributed by atoms with Crippen molar-refractivity contribution in [3.63, 3.8) is 0 Å². The summed E-state index contributed by atoms with van der Waals surface area (Å²) in [5.74, 6) is 0. The highest BCUT2D eigenvalue weighted by Gasteiger charge is 1.92. The van der Waals surface area contributed by atoms with Crippen molar-refractivity contribution in [2.45, 2.75) is 13.8 Å². The number of rotatable bonds is 4. The highest BCUT2D eigenvalue weighted by atomic mass is 14.0. The molecule has 0 nitrogen and oxygen atoms in total. The second-order valence-electron chi connectivity index (χ2n) is 2.84. The lowest BCUT2D eigenvalue weighted by Gasteiger charge is -2.00. The van der Waals surface area contributed by atoms with Crippen LogP contribution in [-0.2, 0) is 6.42 Å². The van der Waals surface area contributed by atoms with Gasteiger partial charge in [0.2, 0.25) is 0 Å². The van der Waals surface area contributed by atoms with Crippen LogP contribution in [0.4, 0.5) is 0 Å². The van der Waals surface area contributed by atoms with E-state index in [9.17, 15) is 0 Å². The van der Waals surface area contributed by atoms with Crippen LogP contribution in [-0.4, -0.2) is 0 Å². The van der Waals surface area contributed by atoms with Gasteiger partial charge in [0.15, 0.2) is 0 Å². The van der Waals surface area contributed by atoms with E-state index in [1.165, 1.54) is 11.1 Å². The second kappa shape index (κ2) is 6.90. The van der Waals surface area contributed by atoms with Crippen LogP contribution in [0, 0.1) is 0 Å². The summed E-state index contributed by atoms with van der Waals surface area (Å²) in [6.45, 7) is 7.43. The SMILES string of the molecule is C.C=C/C=C(\C=C)Cc1ccccc1. The largest absolute Gasteiger partial charge is 0.0991 e. The molecule has 1 aromatic rings. The quantitative estimate of drug-likeness (QED) is 0.619. The smallest absolute Gasteiger partial charge is 0.00260 e. The van der Waals surface area contributed by atoms with Gasteiger partial charge < -0.3 is 0 Å². The minimum Gasteiger partial charge on any atom is -0.0991 e. The van der Waals surface area contributed by atoms with Crippen molar-refractivity contribution in [2.24, 2.45) is 0 Å². The fraction of sp³-hybridized carbons (Fsp3) is 0.143. The molecule has 0 aliphatic carbocycles. The summed E-state index contributed by atoms with van der Waals surface area (Å²) >= 11 is 0. The average Bonchev–Trinajstić information content (AvgIpc) is 2.19. The fourth-order valence-electron chi connectivity index (χ4n) is 1.18. The predicted octanol–water partition coefficient (Wildman–Crippen LogP) is 4.16. The van der Waals surface area contributed by atoms with Gasteiger partial charge in [-0.3, -0.25) is 0 Å². The van der Waals surface area contributed by atoms with Crippen molar-refractivity contribution in [3.05, 3.63) is 72.9 Å². The third-order valence-corrected chi connectivity index (χ3v) is 1.85. The number of hydrogen-bond donors (Lipinski definition) is 0. The summed E-state index contributed by atoms with van der Waals surface area (Å²) in [6, 6.07) is 10.3. The van der Waals surface area contributed by atoms with Gasteiger partial charge in [-0.05, 0) is 17.6 Å². The van der Waals surface area contributed by atoms with Crippen LogP contribution in [0.15, 0.2) is 67.3 Å². The zero-order valence-corrected chi connectivity index (χ0v) is 7.74. The third-order valence-electron chi connectivity index (χ3n) is 1.85. The Balaban J connectivity index is 0.00000169. The lowest BCUT2D eigenvalue weighted by Crippen LogP contribution is -1.86. The van der Waals surface area contributed by atoms with Gasteiger partial charge in [0.1, 0.15) is 0 Å². The first-order chi connectivity index (χ1) is 6.36. The van der Waals surface area contributed by atoms with Crippen LogP contribution >= 0.6 is 0 Å². The Kier molecular flexibility index (Phi) is 6.13. The first kappa shape index (κ1) is 12.4. The van der Waals surface area contributed by atoms with Crippen molar-refractivity contribution in [3.8, 4) is 0 Å². The molecule has 0 unspecified atom stereocenters. The summed E-state index contributed by atoms with van der Waals surface area (Å²) in [6.07, 6.45) is 6.57. The summed E-state index contributed by atoms with van der Waals surface area (Å²) in [5, 5.41) is 0. The van der Waals surface area contributed by atoms with Crippen LogP contribution < -0.4 is 0 Å². The van der Waals surface area contributed by atoms with Crippen LogP contribution in [0.2, 0.25) is 0 Å². The van der Waals surface area contributed by atoms with Crippen LogP contribution in [0.25, 0.3) is 0 Å². The monoisotopic (exact) mass is 186 g/mol. The van der Waals surface area contributed by atoms with E-state index in [1.807, 2.05) is 30.4 Å². The van der Waals surface area contributed by atoms with E-state index in [-0.39, 0.29) is 7.43 Å². The van der Waals surface area contributed by atoms with E-state index < -0.39 is 0 Å². The normalized spacial score (nSPS) is 10.1. The number of allylic oxidation sites excluding steroid dienone is 4. The summed E-state index contributed by atoms with van der Waals surface area (Å²) < 4.78 is 0. The van der Waals surface area contributed by atoms with Gasteiger partial charge in [0.05, 0.1) is 0 Å². The maximum Gasteiger partial charge on any atom is -0.00260 e. The Labute approximate surface area is 87.3 Å². The molecule has 14 heavy (non-hydrogen) atoms. The van der Waals surface area contributed by atoms with E-state index in [4.69, 9.17) is 0 Å². The minimum absolute atomic E-state index is 0. The Bertz CT molecular complexity index is 304. The zero-order valence-electron chi connectivity index (χ0n) is 7.74. The molecule has 0 saturated carbocycles. The van der Waals surface area contributed by atoms with Crippen molar-refractivity contribution in [1.29, 1.82) is 0 Å². The molecule has 0 spiro atoms. The molecule has 0 atom stereocenters. The lowest BCUT2D eigenvalue weighted by atomic mass is 10.1. The molecule has 0 aliphatic rings. The van der Waals surface area contributed by atoms with Gasteiger partial charge >= 0.3 is 0 Å². The summed E-state index contributed by atoms with van der Waals surface area (Å²) in [7, 11) is 0. The van der Waals surface area contributed by atoms with Gasteiger partial charge in [0, 0.05) is 0 Å². The van der Waals surface area contributed by atoms with Gasteiger partial charge in [-0.1, -0.05) is 69.1 Å². The molecule has 0 heteroatoms. The van der Waals surface area contributed by atoms with E-state index in [0.717, 1.165) is 6.42 Å². The van der Waals surface area contributed by atoms with Crippen LogP contribution in [0.1, 0.15) is 13.0 Å². The molecule has 74 valence electrons. The average molecular weight is 186 g/mol. The van der Waals surface area contributed by atoms with Gasteiger partial charge in [-0.2, -0.15) is 0 Å². The molecule has 0 heterocycles. The summed E-state index contributed by atoms with van der Waals surface area (Å²) in [5.41, 5.74) is 2.50. The predicted molar refractivity (Wildman–Crippen MR) is 65.4 cm³/mol. The molecule has 0 amide bonds. The molecule has 1 rings (SSSR count). The Morgan fingerprint density at radius 3 is 2.29 bits per heavy atom.